The van der Waals surface area contributed by atoms with Gasteiger partial charge in [-0.1, -0.05) is 0 Å². The van der Waals surface area contributed by atoms with Crippen molar-refractivity contribution in [2.24, 2.45) is 0 Å². The van der Waals surface area contributed by atoms with Crippen LogP contribution >= 0.6 is 0 Å². The highest BCUT2D eigenvalue weighted by atomic mass is 16.1. The molecular formula is C15H20N4O. The minimum atomic E-state index is -0.0377. The molecule has 0 fully saturated rings. The first kappa shape index (κ1) is 14.3. The Kier molecular flexibility index (Phi) is 4.90. The van der Waals surface area contributed by atoms with Crippen LogP contribution in [0, 0.1) is 6.92 Å². The summed E-state index contributed by atoms with van der Waals surface area (Å²) in [6, 6.07) is 7.43. The Morgan fingerprint density at radius 1 is 1.25 bits per heavy atom. The summed E-state index contributed by atoms with van der Waals surface area (Å²) in [5.74, 6) is -0.0377. The summed E-state index contributed by atoms with van der Waals surface area (Å²) in [4.78, 5) is 11.9. The van der Waals surface area contributed by atoms with Crippen LogP contribution in [0.5, 0.6) is 0 Å². The van der Waals surface area contributed by atoms with Crippen molar-refractivity contribution in [3.05, 3.63) is 47.8 Å². The van der Waals surface area contributed by atoms with Crippen LogP contribution in [0.2, 0.25) is 0 Å². The molecule has 1 aromatic carbocycles. The maximum absolute atomic E-state index is 11.9. The summed E-state index contributed by atoms with van der Waals surface area (Å²) in [5, 5.41) is 10.2. The predicted molar refractivity (Wildman–Crippen MR) is 79.2 cm³/mol. The predicted octanol–water partition coefficient (Wildman–Crippen LogP) is 1.52. The molecule has 2 aromatic rings. The van der Waals surface area contributed by atoms with Crippen molar-refractivity contribution < 1.29 is 4.79 Å². The summed E-state index contributed by atoms with van der Waals surface area (Å²) in [6.45, 7) is 3.58. The molecule has 1 amide bonds. The van der Waals surface area contributed by atoms with Crippen molar-refractivity contribution in [3.8, 4) is 5.69 Å². The normalized spacial score (nSPS) is 10.5. The van der Waals surface area contributed by atoms with Crippen molar-refractivity contribution in [2.45, 2.75) is 13.3 Å². The van der Waals surface area contributed by atoms with Gasteiger partial charge in [0, 0.05) is 18.3 Å². The van der Waals surface area contributed by atoms with Crippen LogP contribution in [0.3, 0.4) is 0 Å². The highest BCUT2D eigenvalue weighted by molar-refractivity contribution is 5.94. The molecule has 0 aliphatic rings. The molecule has 5 heteroatoms. The summed E-state index contributed by atoms with van der Waals surface area (Å²) in [7, 11) is 1.90. The topological polar surface area (TPSA) is 58.9 Å². The maximum Gasteiger partial charge on any atom is 0.251 e. The Balaban J connectivity index is 1.95. The minimum absolute atomic E-state index is 0.0377. The van der Waals surface area contributed by atoms with Gasteiger partial charge in [-0.25, -0.2) is 4.68 Å². The first-order chi connectivity index (χ1) is 9.70. The quantitative estimate of drug-likeness (QED) is 0.784. The van der Waals surface area contributed by atoms with Crippen molar-refractivity contribution in [1.29, 1.82) is 0 Å². The fourth-order valence-corrected chi connectivity index (χ4v) is 1.89. The van der Waals surface area contributed by atoms with E-state index in [1.54, 1.807) is 4.68 Å². The van der Waals surface area contributed by atoms with Gasteiger partial charge in [-0.2, -0.15) is 5.10 Å². The monoisotopic (exact) mass is 272 g/mol. The van der Waals surface area contributed by atoms with Crippen LogP contribution in [0.1, 0.15) is 22.3 Å². The van der Waals surface area contributed by atoms with Gasteiger partial charge in [0.1, 0.15) is 0 Å². The lowest BCUT2D eigenvalue weighted by molar-refractivity contribution is 0.0953. The molecule has 1 heterocycles. The third kappa shape index (κ3) is 3.68. The summed E-state index contributed by atoms with van der Waals surface area (Å²) in [6.07, 6.45) is 4.68. The average molecular weight is 272 g/mol. The van der Waals surface area contributed by atoms with Crippen LogP contribution in [0.25, 0.3) is 5.69 Å². The summed E-state index contributed by atoms with van der Waals surface area (Å²) < 4.78 is 1.80. The molecule has 0 unspecified atom stereocenters. The standard InChI is InChI=1S/C15H20N4O/c1-12-10-18-19(11-12)14-6-4-13(5-7-14)15(20)17-9-3-8-16-2/h4-7,10-11,16H,3,8-9H2,1-2H3,(H,17,20). The van der Waals surface area contributed by atoms with E-state index < -0.39 is 0 Å². The van der Waals surface area contributed by atoms with Crippen LogP contribution in [-0.2, 0) is 0 Å². The number of benzene rings is 1. The number of aromatic nitrogens is 2. The van der Waals surface area contributed by atoms with E-state index in [1.807, 2.05) is 50.6 Å². The van der Waals surface area contributed by atoms with Crippen molar-refractivity contribution in [3.63, 3.8) is 0 Å². The zero-order chi connectivity index (χ0) is 14.4. The van der Waals surface area contributed by atoms with E-state index >= 15 is 0 Å². The van der Waals surface area contributed by atoms with E-state index in [-0.39, 0.29) is 5.91 Å². The highest BCUT2D eigenvalue weighted by Crippen LogP contribution is 2.09. The van der Waals surface area contributed by atoms with E-state index in [4.69, 9.17) is 0 Å². The van der Waals surface area contributed by atoms with E-state index in [9.17, 15) is 4.79 Å². The Labute approximate surface area is 119 Å². The van der Waals surface area contributed by atoms with Gasteiger partial charge in [0.05, 0.1) is 11.9 Å². The summed E-state index contributed by atoms with van der Waals surface area (Å²) in [5.41, 5.74) is 2.73. The second-order valence-corrected chi connectivity index (χ2v) is 4.72. The maximum atomic E-state index is 11.9. The number of amides is 1. The van der Waals surface area contributed by atoms with Gasteiger partial charge in [-0.3, -0.25) is 4.79 Å². The Morgan fingerprint density at radius 3 is 2.60 bits per heavy atom. The van der Waals surface area contributed by atoms with Gasteiger partial charge < -0.3 is 10.6 Å². The molecule has 106 valence electrons. The number of carbonyl (C=O) groups excluding carboxylic acids is 1. The molecule has 2 N–H and O–H groups in total. The number of hydrogen-bond donors (Lipinski definition) is 2. The molecule has 0 spiro atoms. The SMILES string of the molecule is CNCCCNC(=O)c1ccc(-n2cc(C)cn2)cc1. The van der Waals surface area contributed by atoms with Gasteiger partial charge in [0.2, 0.25) is 0 Å². The van der Waals surface area contributed by atoms with Gasteiger partial charge in [0.25, 0.3) is 5.91 Å². The Hall–Kier alpha value is -2.14. The molecule has 0 atom stereocenters. The molecule has 0 bridgehead atoms. The number of hydrogen-bond acceptors (Lipinski definition) is 3. The van der Waals surface area contributed by atoms with E-state index in [2.05, 4.69) is 15.7 Å². The highest BCUT2D eigenvalue weighted by Gasteiger charge is 2.05. The van der Waals surface area contributed by atoms with Gasteiger partial charge in [-0.15, -0.1) is 0 Å². The van der Waals surface area contributed by atoms with Crippen LogP contribution in [0.15, 0.2) is 36.7 Å². The number of nitrogens with zero attached hydrogens (tertiary/aromatic N) is 2. The molecule has 0 aliphatic carbocycles. The van der Waals surface area contributed by atoms with E-state index in [0.717, 1.165) is 24.2 Å². The largest absolute Gasteiger partial charge is 0.352 e. The van der Waals surface area contributed by atoms with E-state index in [0.29, 0.717) is 12.1 Å². The molecule has 20 heavy (non-hydrogen) atoms. The van der Waals surface area contributed by atoms with Crippen LogP contribution in [-0.4, -0.2) is 35.8 Å². The zero-order valence-electron chi connectivity index (χ0n) is 11.9. The van der Waals surface area contributed by atoms with Crippen molar-refractivity contribution in [1.82, 2.24) is 20.4 Å². The third-order valence-electron chi connectivity index (χ3n) is 2.99. The first-order valence-electron chi connectivity index (χ1n) is 6.75. The first-order valence-corrected chi connectivity index (χ1v) is 6.75. The molecule has 0 aliphatic heterocycles. The lowest BCUT2D eigenvalue weighted by Gasteiger charge is -2.06. The molecule has 0 saturated carbocycles. The molecule has 1 aromatic heterocycles. The van der Waals surface area contributed by atoms with Crippen LogP contribution < -0.4 is 10.6 Å². The smallest absolute Gasteiger partial charge is 0.251 e. The molecule has 5 nitrogen and oxygen atoms in total. The van der Waals surface area contributed by atoms with Crippen LogP contribution in [0.4, 0.5) is 0 Å². The zero-order valence-corrected chi connectivity index (χ0v) is 11.9. The second kappa shape index (κ2) is 6.86. The van der Waals surface area contributed by atoms with Gasteiger partial charge >= 0.3 is 0 Å². The molecule has 0 saturated heterocycles. The minimum Gasteiger partial charge on any atom is -0.352 e. The van der Waals surface area contributed by atoms with Gasteiger partial charge in [-0.05, 0) is 56.8 Å². The fourth-order valence-electron chi connectivity index (χ4n) is 1.89. The number of aryl methyl sites for hydroxylation is 1. The Morgan fingerprint density at radius 2 is 2.00 bits per heavy atom. The van der Waals surface area contributed by atoms with Crippen molar-refractivity contribution in [2.75, 3.05) is 20.1 Å². The number of nitrogens with one attached hydrogen (secondary N) is 2. The third-order valence-corrected chi connectivity index (χ3v) is 2.99. The van der Waals surface area contributed by atoms with E-state index in [1.165, 1.54) is 0 Å². The second-order valence-electron chi connectivity index (χ2n) is 4.72. The fraction of sp³-hybridized carbons (Fsp3) is 0.333. The van der Waals surface area contributed by atoms with Gasteiger partial charge in [0.15, 0.2) is 0 Å². The molecule has 2 rings (SSSR count). The van der Waals surface area contributed by atoms with Crippen molar-refractivity contribution >= 4 is 5.91 Å². The molecular weight excluding hydrogens is 252 g/mol. The lowest BCUT2D eigenvalue weighted by Crippen LogP contribution is -2.26. The Bertz CT molecular complexity index is 560. The number of rotatable bonds is 6. The lowest BCUT2D eigenvalue weighted by atomic mass is 10.2. The summed E-state index contributed by atoms with van der Waals surface area (Å²) >= 11 is 0. The number of carbonyl (C=O) groups is 1. The average Bonchev–Trinajstić information content (AvgIpc) is 2.90. The molecule has 0 radical (unpaired) electrons.